The number of hydrogen-bond donors (Lipinski definition) is 1. The van der Waals surface area contributed by atoms with Crippen molar-refractivity contribution in [2.24, 2.45) is 0 Å². The number of aromatic nitrogens is 5. The van der Waals surface area contributed by atoms with Crippen molar-refractivity contribution in [3.05, 3.63) is 35.9 Å². The Morgan fingerprint density at radius 1 is 1.44 bits per heavy atom. The Kier molecular flexibility index (Phi) is 4.04. The lowest BCUT2D eigenvalue weighted by atomic mass is 10.2. The van der Waals surface area contributed by atoms with Crippen LogP contribution >= 0.6 is 0 Å². The minimum atomic E-state index is -0.0567. The number of carbonyl (C=O) groups excluding carboxylic acids is 1. The number of nitrogens with zero attached hydrogens (tertiary/aromatic N) is 5. The van der Waals surface area contributed by atoms with Crippen molar-refractivity contribution in [1.29, 1.82) is 0 Å². The number of amides is 1. The van der Waals surface area contributed by atoms with Crippen molar-refractivity contribution in [2.45, 2.75) is 38.6 Å². The second-order valence-electron chi connectivity index (χ2n) is 6.01. The Hall–Kier alpha value is -2.97. The molecule has 1 aliphatic rings. The number of aromatic amines is 1. The van der Waals surface area contributed by atoms with Crippen molar-refractivity contribution in [3.8, 4) is 11.6 Å². The van der Waals surface area contributed by atoms with Crippen LogP contribution in [-0.4, -0.2) is 42.7 Å². The smallest absolute Gasteiger partial charge is 0.238 e. The molecule has 0 unspecified atom stereocenters. The third kappa shape index (κ3) is 3.17. The topological polar surface area (TPSA) is 114 Å². The number of hydrogen-bond acceptors (Lipinski definition) is 7. The minimum Gasteiger partial charge on any atom is -0.461 e. The fourth-order valence-corrected chi connectivity index (χ4v) is 3.06. The summed E-state index contributed by atoms with van der Waals surface area (Å²) in [5, 5.41) is 10.9. The maximum Gasteiger partial charge on any atom is 0.238 e. The maximum absolute atomic E-state index is 12.6. The van der Waals surface area contributed by atoms with Crippen molar-refractivity contribution in [3.63, 3.8) is 0 Å². The third-order valence-corrected chi connectivity index (χ3v) is 4.25. The molecule has 3 aromatic rings. The van der Waals surface area contributed by atoms with Gasteiger partial charge in [0.25, 0.3) is 0 Å². The average molecular weight is 342 g/mol. The van der Waals surface area contributed by atoms with Gasteiger partial charge in [-0.3, -0.25) is 9.89 Å². The molecule has 0 radical (unpaired) electrons. The molecule has 3 aromatic heterocycles. The number of likely N-dealkylation sites (tertiary alicyclic amines) is 1. The van der Waals surface area contributed by atoms with E-state index in [2.05, 4.69) is 25.3 Å². The first-order valence-electron chi connectivity index (χ1n) is 8.25. The molecular weight excluding hydrogens is 324 g/mol. The van der Waals surface area contributed by atoms with E-state index in [9.17, 15) is 4.79 Å². The van der Waals surface area contributed by atoms with Gasteiger partial charge in [0.05, 0.1) is 12.3 Å². The van der Waals surface area contributed by atoms with Crippen LogP contribution in [0.4, 0.5) is 0 Å². The molecular formula is C16H18N6O3. The number of nitrogens with one attached hydrogen (secondary N) is 1. The number of rotatable bonds is 5. The molecule has 4 heterocycles. The lowest BCUT2D eigenvalue weighted by Crippen LogP contribution is -2.31. The van der Waals surface area contributed by atoms with E-state index in [1.807, 2.05) is 11.8 Å². The third-order valence-electron chi connectivity index (χ3n) is 4.25. The zero-order chi connectivity index (χ0) is 17.2. The summed E-state index contributed by atoms with van der Waals surface area (Å²) in [5.41, 5.74) is 0. The fraction of sp³-hybridized carbons (Fsp3) is 0.438. The molecule has 0 aromatic carbocycles. The van der Waals surface area contributed by atoms with Gasteiger partial charge < -0.3 is 13.8 Å². The summed E-state index contributed by atoms with van der Waals surface area (Å²) < 4.78 is 10.4. The van der Waals surface area contributed by atoms with Crippen LogP contribution in [0.15, 0.2) is 27.3 Å². The summed E-state index contributed by atoms with van der Waals surface area (Å²) in [7, 11) is 0. The van der Waals surface area contributed by atoms with E-state index in [0.29, 0.717) is 36.1 Å². The molecule has 0 saturated carbocycles. The van der Waals surface area contributed by atoms with Crippen LogP contribution < -0.4 is 0 Å². The summed E-state index contributed by atoms with van der Waals surface area (Å²) in [6, 6.07) is 3.46. The zero-order valence-corrected chi connectivity index (χ0v) is 13.8. The Labute approximate surface area is 143 Å². The van der Waals surface area contributed by atoms with E-state index in [-0.39, 0.29) is 11.9 Å². The SMILES string of the molecule is Cc1nc([C@H]2CCCN2C(=O)CCc2nc(-c3ccco3)no2)n[nH]1. The molecule has 0 spiro atoms. The summed E-state index contributed by atoms with van der Waals surface area (Å²) in [6.45, 7) is 2.57. The second-order valence-corrected chi connectivity index (χ2v) is 6.01. The van der Waals surface area contributed by atoms with Gasteiger partial charge in [0, 0.05) is 19.4 Å². The number of H-pyrrole nitrogens is 1. The monoisotopic (exact) mass is 342 g/mol. The van der Waals surface area contributed by atoms with Crippen LogP contribution in [0.1, 0.15) is 42.8 Å². The van der Waals surface area contributed by atoms with Gasteiger partial charge in [0.1, 0.15) is 5.82 Å². The molecule has 0 bridgehead atoms. The highest BCUT2D eigenvalue weighted by Gasteiger charge is 2.32. The van der Waals surface area contributed by atoms with E-state index >= 15 is 0 Å². The zero-order valence-electron chi connectivity index (χ0n) is 13.8. The fourth-order valence-electron chi connectivity index (χ4n) is 3.06. The number of carbonyl (C=O) groups is 1. The highest BCUT2D eigenvalue weighted by Crippen LogP contribution is 2.30. The van der Waals surface area contributed by atoms with Crippen LogP contribution in [-0.2, 0) is 11.2 Å². The summed E-state index contributed by atoms with van der Waals surface area (Å²) in [6.07, 6.45) is 4.08. The van der Waals surface area contributed by atoms with E-state index in [1.165, 1.54) is 0 Å². The normalized spacial score (nSPS) is 17.3. The quantitative estimate of drug-likeness (QED) is 0.754. The molecule has 0 aliphatic carbocycles. The second kappa shape index (κ2) is 6.50. The van der Waals surface area contributed by atoms with Crippen molar-refractivity contribution < 1.29 is 13.7 Å². The summed E-state index contributed by atoms with van der Waals surface area (Å²) in [5.74, 6) is 2.84. The highest BCUT2D eigenvalue weighted by atomic mass is 16.5. The largest absolute Gasteiger partial charge is 0.461 e. The predicted molar refractivity (Wildman–Crippen MR) is 85.1 cm³/mol. The van der Waals surface area contributed by atoms with E-state index in [1.54, 1.807) is 18.4 Å². The van der Waals surface area contributed by atoms with Gasteiger partial charge in [-0.25, -0.2) is 4.98 Å². The van der Waals surface area contributed by atoms with Gasteiger partial charge in [0.15, 0.2) is 11.6 Å². The summed E-state index contributed by atoms with van der Waals surface area (Å²) >= 11 is 0. The molecule has 1 amide bonds. The Balaban J connectivity index is 1.38. The van der Waals surface area contributed by atoms with Gasteiger partial charge in [-0.15, -0.1) is 0 Å². The van der Waals surface area contributed by atoms with Gasteiger partial charge in [-0.05, 0) is 31.9 Å². The van der Waals surface area contributed by atoms with Crippen LogP contribution in [0.25, 0.3) is 11.6 Å². The van der Waals surface area contributed by atoms with Crippen LogP contribution in [0.3, 0.4) is 0 Å². The first kappa shape index (κ1) is 15.6. The van der Waals surface area contributed by atoms with E-state index < -0.39 is 0 Å². The van der Waals surface area contributed by atoms with Gasteiger partial charge in [-0.2, -0.15) is 10.1 Å². The average Bonchev–Trinajstić information content (AvgIpc) is 3.38. The van der Waals surface area contributed by atoms with Gasteiger partial charge >= 0.3 is 0 Å². The summed E-state index contributed by atoms with van der Waals surface area (Å²) in [4.78, 5) is 23.1. The van der Waals surface area contributed by atoms with E-state index in [4.69, 9.17) is 8.94 Å². The molecule has 1 N–H and O–H groups in total. The molecule has 1 saturated heterocycles. The Morgan fingerprint density at radius 2 is 2.36 bits per heavy atom. The molecule has 25 heavy (non-hydrogen) atoms. The molecule has 1 fully saturated rings. The van der Waals surface area contributed by atoms with Crippen molar-refractivity contribution in [1.82, 2.24) is 30.2 Å². The Bertz CT molecular complexity index is 853. The molecule has 9 heteroatoms. The Morgan fingerprint density at radius 3 is 3.12 bits per heavy atom. The number of furan rings is 1. The van der Waals surface area contributed by atoms with Crippen LogP contribution in [0, 0.1) is 6.92 Å². The van der Waals surface area contributed by atoms with Crippen molar-refractivity contribution >= 4 is 5.91 Å². The van der Waals surface area contributed by atoms with Crippen LogP contribution in [0.2, 0.25) is 0 Å². The lowest BCUT2D eigenvalue weighted by Gasteiger charge is -2.22. The van der Waals surface area contributed by atoms with Gasteiger partial charge in [0.2, 0.25) is 17.6 Å². The number of aryl methyl sites for hydroxylation is 2. The molecule has 130 valence electrons. The molecule has 1 atom stereocenters. The molecule has 1 aliphatic heterocycles. The predicted octanol–water partition coefficient (Wildman–Crippen LogP) is 2.05. The van der Waals surface area contributed by atoms with E-state index in [0.717, 1.165) is 25.2 Å². The minimum absolute atomic E-state index is 0.0442. The van der Waals surface area contributed by atoms with Crippen LogP contribution in [0.5, 0.6) is 0 Å². The van der Waals surface area contributed by atoms with Crippen molar-refractivity contribution in [2.75, 3.05) is 6.54 Å². The molecule has 4 rings (SSSR count). The standard InChI is InChI=1S/C16H18N6O3/c1-10-17-15(20-19-10)11-4-2-8-22(11)14(23)7-6-13-18-16(21-25-13)12-5-3-9-24-12/h3,5,9,11H,2,4,6-8H2,1H3,(H,17,19,20)/t11-/m1/s1. The highest BCUT2D eigenvalue weighted by molar-refractivity contribution is 5.77. The maximum atomic E-state index is 12.6. The first-order valence-corrected chi connectivity index (χ1v) is 8.25. The van der Waals surface area contributed by atoms with Gasteiger partial charge in [-0.1, -0.05) is 5.16 Å². The first-order chi connectivity index (χ1) is 12.2. The lowest BCUT2D eigenvalue weighted by molar-refractivity contribution is -0.132. The molecule has 9 nitrogen and oxygen atoms in total.